The second-order valence-electron chi connectivity index (χ2n) is 6.47. The van der Waals surface area contributed by atoms with Crippen molar-refractivity contribution in [3.8, 4) is 5.75 Å². The standard InChI is InChI=1S/C21H23ClN2O3/c22-18-8-4-5-9-19(18)27-16-21(26)24-14-12-23(13-15-24)20(25)11-10-17-6-2-1-3-7-17/h1-9H,10-16H2. The molecule has 3 rings (SSSR count). The number of hydrogen-bond donors (Lipinski definition) is 0. The van der Waals surface area contributed by atoms with Gasteiger partial charge in [-0.25, -0.2) is 0 Å². The van der Waals surface area contributed by atoms with Crippen molar-refractivity contribution in [2.24, 2.45) is 0 Å². The molecule has 6 heteroatoms. The lowest BCUT2D eigenvalue weighted by Crippen LogP contribution is -2.51. The molecule has 0 bridgehead atoms. The topological polar surface area (TPSA) is 49.9 Å². The van der Waals surface area contributed by atoms with Gasteiger partial charge in [0.05, 0.1) is 5.02 Å². The summed E-state index contributed by atoms with van der Waals surface area (Å²) < 4.78 is 5.51. The molecule has 0 N–H and O–H groups in total. The number of para-hydroxylation sites is 1. The molecule has 0 saturated carbocycles. The van der Waals surface area contributed by atoms with Gasteiger partial charge in [0.25, 0.3) is 5.91 Å². The number of nitrogens with zero attached hydrogens (tertiary/aromatic N) is 2. The highest BCUT2D eigenvalue weighted by molar-refractivity contribution is 6.32. The first-order valence-electron chi connectivity index (χ1n) is 9.10. The average molecular weight is 387 g/mol. The average Bonchev–Trinajstić information content (AvgIpc) is 2.72. The number of aryl methyl sites for hydroxylation is 1. The number of rotatable bonds is 6. The summed E-state index contributed by atoms with van der Waals surface area (Å²) in [5, 5.41) is 0.485. The van der Waals surface area contributed by atoms with E-state index in [2.05, 4.69) is 0 Å². The van der Waals surface area contributed by atoms with Crippen LogP contribution in [0, 0.1) is 0 Å². The molecule has 0 unspecified atom stereocenters. The van der Waals surface area contributed by atoms with Gasteiger partial charge in [0.15, 0.2) is 6.61 Å². The van der Waals surface area contributed by atoms with Crippen molar-refractivity contribution in [1.82, 2.24) is 9.80 Å². The summed E-state index contributed by atoms with van der Waals surface area (Å²) in [7, 11) is 0. The lowest BCUT2D eigenvalue weighted by Gasteiger charge is -2.34. The van der Waals surface area contributed by atoms with Crippen LogP contribution in [0.4, 0.5) is 0 Å². The van der Waals surface area contributed by atoms with Gasteiger partial charge in [0, 0.05) is 32.6 Å². The molecule has 1 saturated heterocycles. The number of carbonyl (C=O) groups is 2. The normalized spacial score (nSPS) is 14.1. The van der Waals surface area contributed by atoms with Gasteiger partial charge in [-0.1, -0.05) is 54.1 Å². The molecule has 2 aromatic rings. The third-order valence-corrected chi connectivity index (χ3v) is 4.96. The number of ether oxygens (including phenoxy) is 1. The number of piperazine rings is 1. The van der Waals surface area contributed by atoms with Crippen molar-refractivity contribution in [3.05, 3.63) is 65.2 Å². The highest BCUT2D eigenvalue weighted by Gasteiger charge is 2.24. The van der Waals surface area contributed by atoms with Gasteiger partial charge in [-0.3, -0.25) is 9.59 Å². The molecule has 1 aliphatic heterocycles. The van der Waals surface area contributed by atoms with Crippen LogP contribution >= 0.6 is 11.6 Å². The van der Waals surface area contributed by atoms with Crippen molar-refractivity contribution in [1.29, 1.82) is 0 Å². The van der Waals surface area contributed by atoms with Crippen LogP contribution in [-0.2, 0) is 16.0 Å². The Balaban J connectivity index is 1.40. The van der Waals surface area contributed by atoms with Crippen molar-refractivity contribution >= 4 is 23.4 Å². The molecule has 142 valence electrons. The molecule has 2 aromatic carbocycles. The number of carbonyl (C=O) groups excluding carboxylic acids is 2. The minimum Gasteiger partial charge on any atom is -0.482 e. The second kappa shape index (κ2) is 9.42. The molecule has 0 aromatic heterocycles. The van der Waals surface area contributed by atoms with Gasteiger partial charge in [-0.2, -0.15) is 0 Å². The summed E-state index contributed by atoms with van der Waals surface area (Å²) in [5.74, 6) is 0.548. The zero-order valence-electron chi connectivity index (χ0n) is 15.1. The van der Waals surface area contributed by atoms with Crippen molar-refractivity contribution in [3.63, 3.8) is 0 Å². The SMILES string of the molecule is O=C(CCc1ccccc1)N1CCN(C(=O)COc2ccccc2Cl)CC1. The molecule has 5 nitrogen and oxygen atoms in total. The molecular weight excluding hydrogens is 364 g/mol. The fourth-order valence-corrected chi connectivity index (χ4v) is 3.24. The zero-order valence-corrected chi connectivity index (χ0v) is 15.9. The minimum atomic E-state index is -0.0914. The van der Waals surface area contributed by atoms with Crippen LogP contribution in [0.15, 0.2) is 54.6 Å². The van der Waals surface area contributed by atoms with E-state index >= 15 is 0 Å². The summed E-state index contributed by atoms with van der Waals surface area (Å²) in [4.78, 5) is 28.3. The Morgan fingerprint density at radius 2 is 1.44 bits per heavy atom. The Kier molecular flexibility index (Phi) is 6.71. The molecule has 0 radical (unpaired) electrons. The number of halogens is 1. The first-order chi connectivity index (χ1) is 13.1. The van der Waals surface area contributed by atoms with Crippen molar-refractivity contribution in [2.75, 3.05) is 32.8 Å². The van der Waals surface area contributed by atoms with E-state index in [0.29, 0.717) is 43.4 Å². The van der Waals surface area contributed by atoms with Gasteiger partial charge >= 0.3 is 0 Å². The quantitative estimate of drug-likeness (QED) is 0.766. The Morgan fingerprint density at radius 3 is 2.11 bits per heavy atom. The van der Waals surface area contributed by atoms with E-state index in [-0.39, 0.29) is 18.4 Å². The number of benzene rings is 2. The molecule has 1 fully saturated rings. The van der Waals surface area contributed by atoms with Gasteiger partial charge < -0.3 is 14.5 Å². The number of hydrogen-bond acceptors (Lipinski definition) is 3. The molecule has 0 spiro atoms. The van der Waals surface area contributed by atoms with Crippen LogP contribution in [-0.4, -0.2) is 54.4 Å². The lowest BCUT2D eigenvalue weighted by molar-refractivity contribution is -0.140. The van der Waals surface area contributed by atoms with E-state index in [9.17, 15) is 9.59 Å². The molecular formula is C21H23ClN2O3. The molecule has 0 atom stereocenters. The Bertz CT molecular complexity index is 774. The zero-order chi connectivity index (χ0) is 19.1. The third kappa shape index (κ3) is 5.47. The van der Waals surface area contributed by atoms with E-state index in [4.69, 9.17) is 16.3 Å². The van der Waals surface area contributed by atoms with Gasteiger partial charge in [-0.15, -0.1) is 0 Å². The Labute approximate surface area is 164 Å². The van der Waals surface area contributed by atoms with E-state index in [1.165, 1.54) is 0 Å². The van der Waals surface area contributed by atoms with Gasteiger partial charge in [0.2, 0.25) is 5.91 Å². The Hall–Kier alpha value is -2.53. The van der Waals surface area contributed by atoms with E-state index in [1.54, 1.807) is 17.0 Å². The van der Waals surface area contributed by atoms with Crippen LogP contribution < -0.4 is 4.74 Å². The maximum absolute atomic E-state index is 12.4. The molecule has 1 heterocycles. The van der Waals surface area contributed by atoms with Crippen LogP contribution in [0.25, 0.3) is 0 Å². The van der Waals surface area contributed by atoms with Gasteiger partial charge in [-0.05, 0) is 24.1 Å². The first kappa shape index (κ1) is 19.2. The van der Waals surface area contributed by atoms with E-state index < -0.39 is 0 Å². The monoisotopic (exact) mass is 386 g/mol. The fourth-order valence-electron chi connectivity index (χ4n) is 3.05. The number of amides is 2. The largest absolute Gasteiger partial charge is 0.482 e. The molecule has 1 aliphatic rings. The van der Waals surface area contributed by atoms with Crippen LogP contribution in [0.3, 0.4) is 0 Å². The lowest BCUT2D eigenvalue weighted by atomic mass is 10.1. The highest BCUT2D eigenvalue weighted by atomic mass is 35.5. The van der Waals surface area contributed by atoms with E-state index in [0.717, 1.165) is 12.0 Å². The summed E-state index contributed by atoms with van der Waals surface area (Å²) in [5.41, 5.74) is 1.16. The van der Waals surface area contributed by atoms with Crippen molar-refractivity contribution < 1.29 is 14.3 Å². The molecule has 0 aliphatic carbocycles. The second-order valence-corrected chi connectivity index (χ2v) is 6.87. The highest BCUT2D eigenvalue weighted by Crippen LogP contribution is 2.23. The summed E-state index contributed by atoms with van der Waals surface area (Å²) in [6.45, 7) is 2.13. The maximum Gasteiger partial charge on any atom is 0.260 e. The predicted molar refractivity (Wildman–Crippen MR) is 105 cm³/mol. The smallest absolute Gasteiger partial charge is 0.260 e. The summed E-state index contributed by atoms with van der Waals surface area (Å²) >= 11 is 6.03. The third-order valence-electron chi connectivity index (χ3n) is 4.64. The predicted octanol–water partition coefficient (Wildman–Crippen LogP) is 3.02. The van der Waals surface area contributed by atoms with Gasteiger partial charge in [0.1, 0.15) is 5.75 Å². The van der Waals surface area contributed by atoms with Crippen LogP contribution in [0.2, 0.25) is 5.02 Å². The fraction of sp³-hybridized carbons (Fsp3) is 0.333. The maximum atomic E-state index is 12.4. The summed E-state index contributed by atoms with van der Waals surface area (Å²) in [6.07, 6.45) is 1.23. The van der Waals surface area contributed by atoms with Crippen LogP contribution in [0.5, 0.6) is 5.75 Å². The van der Waals surface area contributed by atoms with E-state index in [1.807, 2.05) is 47.4 Å². The molecule has 2 amide bonds. The Morgan fingerprint density at radius 1 is 0.852 bits per heavy atom. The minimum absolute atomic E-state index is 0.0499. The first-order valence-corrected chi connectivity index (χ1v) is 9.48. The van der Waals surface area contributed by atoms with Crippen molar-refractivity contribution in [2.45, 2.75) is 12.8 Å². The molecule has 27 heavy (non-hydrogen) atoms. The van der Waals surface area contributed by atoms with Crippen LogP contribution in [0.1, 0.15) is 12.0 Å². The summed E-state index contributed by atoms with van der Waals surface area (Å²) in [6, 6.07) is 17.1.